The molecule has 0 atom stereocenters. The summed E-state index contributed by atoms with van der Waals surface area (Å²) in [6.07, 6.45) is 1.61. The molecule has 0 spiro atoms. The molecular weight excluding hydrogens is 158 g/mol. The summed E-state index contributed by atoms with van der Waals surface area (Å²) in [6, 6.07) is 1.74. The second-order valence-corrected chi connectivity index (χ2v) is 2.18. The molecule has 0 unspecified atom stereocenters. The van der Waals surface area contributed by atoms with E-state index in [0.29, 0.717) is 17.5 Å². The fraction of sp³-hybridized carbons (Fsp3) is 0.167. The summed E-state index contributed by atoms with van der Waals surface area (Å²) in [5.41, 5.74) is 5.99. The smallest absolute Gasteiger partial charge is 0.265 e. The van der Waals surface area contributed by atoms with Gasteiger partial charge in [-0.3, -0.25) is 5.10 Å². The molecule has 6 heteroatoms. The normalized spacial score (nSPS) is 10.4. The molecule has 0 fully saturated rings. The minimum atomic E-state index is 0.251. The number of nitrogens with two attached hydrogens (primary N) is 1. The number of hydrogen-bond donors (Lipinski definition) is 2. The highest BCUT2D eigenvalue weighted by Gasteiger charge is 2.07. The Bertz CT molecular complexity index is 352. The van der Waals surface area contributed by atoms with Crippen molar-refractivity contribution in [3.05, 3.63) is 18.2 Å². The second kappa shape index (κ2) is 2.74. The second-order valence-electron chi connectivity index (χ2n) is 2.18. The van der Waals surface area contributed by atoms with Crippen LogP contribution in [0, 0.1) is 0 Å². The molecule has 0 saturated heterocycles. The average molecular weight is 165 g/mol. The van der Waals surface area contributed by atoms with Crippen molar-refractivity contribution in [1.29, 1.82) is 0 Å². The molecule has 2 heterocycles. The van der Waals surface area contributed by atoms with Gasteiger partial charge in [-0.1, -0.05) is 0 Å². The summed E-state index contributed by atoms with van der Waals surface area (Å²) in [6.45, 7) is 0.251. The van der Waals surface area contributed by atoms with Crippen LogP contribution in [-0.4, -0.2) is 20.4 Å². The molecular formula is C6H7N5O. The summed E-state index contributed by atoms with van der Waals surface area (Å²) in [4.78, 5) is 0. The monoisotopic (exact) mass is 165 g/mol. The van der Waals surface area contributed by atoms with Crippen LogP contribution in [0.25, 0.3) is 11.6 Å². The number of nitrogens with zero attached hydrogens (tertiary/aromatic N) is 3. The summed E-state index contributed by atoms with van der Waals surface area (Å²) < 4.78 is 5.16. The van der Waals surface area contributed by atoms with Crippen molar-refractivity contribution in [2.24, 2.45) is 5.73 Å². The average Bonchev–Trinajstić information content (AvgIpc) is 2.75. The van der Waals surface area contributed by atoms with Crippen LogP contribution in [0.3, 0.4) is 0 Å². The number of rotatable bonds is 2. The molecule has 0 aromatic carbocycles. The first-order chi connectivity index (χ1) is 5.90. The fourth-order valence-electron chi connectivity index (χ4n) is 0.820. The zero-order valence-corrected chi connectivity index (χ0v) is 6.19. The molecule has 62 valence electrons. The van der Waals surface area contributed by atoms with Crippen LogP contribution in [0.15, 0.2) is 16.7 Å². The topological polar surface area (TPSA) is 93.6 Å². The third-order valence-corrected chi connectivity index (χ3v) is 1.37. The zero-order valence-electron chi connectivity index (χ0n) is 6.19. The number of nitrogens with one attached hydrogen (secondary N) is 1. The van der Waals surface area contributed by atoms with E-state index in [1.165, 1.54) is 0 Å². The van der Waals surface area contributed by atoms with E-state index in [1.54, 1.807) is 12.3 Å². The van der Waals surface area contributed by atoms with Crippen molar-refractivity contribution in [2.75, 3.05) is 0 Å². The third-order valence-electron chi connectivity index (χ3n) is 1.37. The van der Waals surface area contributed by atoms with Crippen molar-refractivity contribution >= 4 is 0 Å². The maximum atomic E-state index is 5.29. The van der Waals surface area contributed by atoms with Crippen LogP contribution < -0.4 is 5.73 Å². The van der Waals surface area contributed by atoms with Crippen LogP contribution in [0.1, 0.15) is 5.89 Å². The van der Waals surface area contributed by atoms with Gasteiger partial charge >= 0.3 is 0 Å². The van der Waals surface area contributed by atoms with Gasteiger partial charge in [0.15, 0.2) is 0 Å². The predicted octanol–water partition coefficient (Wildman–Crippen LogP) is -0.0816. The molecule has 2 aromatic heterocycles. The van der Waals surface area contributed by atoms with Crippen molar-refractivity contribution < 1.29 is 4.42 Å². The first kappa shape index (κ1) is 6.99. The van der Waals surface area contributed by atoms with Gasteiger partial charge in [0.1, 0.15) is 5.69 Å². The SMILES string of the molecule is NCc1nnc(-c2ccn[nH]2)o1. The molecule has 0 aliphatic rings. The molecule has 0 aliphatic carbocycles. The lowest BCUT2D eigenvalue weighted by atomic mass is 10.4. The Labute approximate surface area is 67.8 Å². The predicted molar refractivity (Wildman–Crippen MR) is 39.8 cm³/mol. The van der Waals surface area contributed by atoms with Gasteiger partial charge in [-0.25, -0.2) is 0 Å². The van der Waals surface area contributed by atoms with E-state index < -0.39 is 0 Å². The van der Waals surface area contributed by atoms with Gasteiger partial charge in [0.05, 0.1) is 6.54 Å². The molecule has 0 bridgehead atoms. The molecule has 0 radical (unpaired) electrons. The minimum Gasteiger partial charge on any atom is -0.418 e. The summed E-state index contributed by atoms with van der Waals surface area (Å²) >= 11 is 0. The Morgan fingerprint density at radius 1 is 1.50 bits per heavy atom. The molecule has 6 nitrogen and oxygen atoms in total. The summed E-state index contributed by atoms with van der Waals surface area (Å²) in [5.74, 6) is 0.826. The molecule has 0 amide bonds. The number of H-pyrrole nitrogens is 1. The zero-order chi connectivity index (χ0) is 8.39. The van der Waals surface area contributed by atoms with E-state index >= 15 is 0 Å². The minimum absolute atomic E-state index is 0.251. The van der Waals surface area contributed by atoms with E-state index in [1.807, 2.05) is 0 Å². The van der Waals surface area contributed by atoms with Crippen LogP contribution in [-0.2, 0) is 6.54 Å². The van der Waals surface area contributed by atoms with Crippen molar-refractivity contribution in [3.8, 4) is 11.6 Å². The van der Waals surface area contributed by atoms with Crippen LogP contribution in [0.5, 0.6) is 0 Å². The van der Waals surface area contributed by atoms with Crippen LogP contribution in [0.4, 0.5) is 0 Å². The number of aromatic amines is 1. The van der Waals surface area contributed by atoms with E-state index in [-0.39, 0.29) is 6.54 Å². The van der Waals surface area contributed by atoms with E-state index in [0.717, 1.165) is 0 Å². The highest BCUT2D eigenvalue weighted by molar-refractivity contribution is 5.44. The lowest BCUT2D eigenvalue weighted by molar-refractivity contribution is 0.507. The Morgan fingerprint density at radius 2 is 2.42 bits per heavy atom. The van der Waals surface area contributed by atoms with Gasteiger partial charge in [0, 0.05) is 6.20 Å². The largest absolute Gasteiger partial charge is 0.418 e. The van der Waals surface area contributed by atoms with Gasteiger partial charge in [0.25, 0.3) is 5.89 Å². The molecule has 2 aromatic rings. The van der Waals surface area contributed by atoms with Crippen LogP contribution >= 0.6 is 0 Å². The van der Waals surface area contributed by atoms with E-state index in [4.69, 9.17) is 10.2 Å². The molecule has 12 heavy (non-hydrogen) atoms. The highest BCUT2D eigenvalue weighted by atomic mass is 16.4. The maximum Gasteiger partial charge on any atom is 0.265 e. The van der Waals surface area contributed by atoms with Gasteiger partial charge in [0.2, 0.25) is 5.89 Å². The van der Waals surface area contributed by atoms with E-state index in [9.17, 15) is 0 Å². The van der Waals surface area contributed by atoms with Crippen molar-refractivity contribution in [2.45, 2.75) is 6.54 Å². The van der Waals surface area contributed by atoms with Crippen molar-refractivity contribution in [3.63, 3.8) is 0 Å². The number of aromatic nitrogens is 4. The molecule has 0 saturated carbocycles. The van der Waals surface area contributed by atoms with Crippen molar-refractivity contribution in [1.82, 2.24) is 20.4 Å². The van der Waals surface area contributed by atoms with Gasteiger partial charge in [-0.05, 0) is 6.07 Å². The standard InChI is InChI=1S/C6H7N5O/c7-3-5-10-11-6(12-5)4-1-2-8-9-4/h1-2H,3,7H2,(H,8,9). The Balaban J connectivity index is 2.35. The van der Waals surface area contributed by atoms with Gasteiger partial charge < -0.3 is 10.2 Å². The lowest BCUT2D eigenvalue weighted by Gasteiger charge is -1.84. The lowest BCUT2D eigenvalue weighted by Crippen LogP contribution is -1.95. The highest BCUT2D eigenvalue weighted by Crippen LogP contribution is 2.12. The van der Waals surface area contributed by atoms with Crippen LogP contribution in [0.2, 0.25) is 0 Å². The first-order valence-electron chi connectivity index (χ1n) is 3.42. The first-order valence-corrected chi connectivity index (χ1v) is 3.42. The quantitative estimate of drug-likeness (QED) is 0.649. The Morgan fingerprint density at radius 3 is 3.00 bits per heavy atom. The molecule has 0 aliphatic heterocycles. The third kappa shape index (κ3) is 1.08. The molecule has 3 N–H and O–H groups in total. The Hall–Kier alpha value is -1.69. The maximum absolute atomic E-state index is 5.29. The summed E-state index contributed by atoms with van der Waals surface area (Å²) in [7, 11) is 0. The summed E-state index contributed by atoms with van der Waals surface area (Å²) in [5, 5.41) is 13.9. The van der Waals surface area contributed by atoms with Gasteiger partial charge in [-0.2, -0.15) is 5.10 Å². The van der Waals surface area contributed by atoms with Gasteiger partial charge in [-0.15, -0.1) is 10.2 Å². The molecule has 2 rings (SSSR count). The number of hydrogen-bond acceptors (Lipinski definition) is 5. The van der Waals surface area contributed by atoms with E-state index in [2.05, 4.69) is 20.4 Å². The fourth-order valence-corrected chi connectivity index (χ4v) is 0.820. The Kier molecular flexibility index (Phi) is 1.60.